The Bertz CT molecular complexity index is 651. The third-order valence-electron chi connectivity index (χ3n) is 5.95. The van der Waals surface area contributed by atoms with Crippen LogP contribution in [-0.4, -0.2) is 53.0 Å². The number of ether oxygens (including phenoxy) is 1. The first-order chi connectivity index (χ1) is 12.1. The van der Waals surface area contributed by atoms with Gasteiger partial charge in [0.15, 0.2) is 0 Å². The van der Waals surface area contributed by atoms with E-state index in [2.05, 4.69) is 4.98 Å². The van der Waals surface area contributed by atoms with E-state index in [-0.39, 0.29) is 30.1 Å². The first kappa shape index (κ1) is 16.5. The molecule has 0 unspecified atom stereocenters. The highest BCUT2D eigenvalue weighted by atomic mass is 16.5. The van der Waals surface area contributed by atoms with Gasteiger partial charge in [-0.2, -0.15) is 0 Å². The summed E-state index contributed by atoms with van der Waals surface area (Å²) in [5.41, 5.74) is 0.440. The predicted molar refractivity (Wildman–Crippen MR) is 93.0 cm³/mol. The Morgan fingerprint density at radius 3 is 2.76 bits per heavy atom. The minimum atomic E-state index is -0.375. The standard InChI is InChI=1S/C19H25N3O3/c1-14-19(6-9-21(10-7-19)17(23)11-15-4-5-15)25-13-18(24)22(14)16-3-2-8-20-12-16/h2-3,8,12,14-15H,4-7,9-11,13H2,1H3/t14-/m0/s1. The van der Waals surface area contributed by atoms with Gasteiger partial charge in [-0.3, -0.25) is 14.6 Å². The number of carbonyl (C=O) groups excluding carboxylic acids is 2. The molecule has 6 nitrogen and oxygen atoms in total. The molecule has 0 aromatic carbocycles. The maximum atomic E-state index is 12.4. The highest BCUT2D eigenvalue weighted by Crippen LogP contribution is 2.38. The lowest BCUT2D eigenvalue weighted by Crippen LogP contribution is -2.64. The van der Waals surface area contributed by atoms with E-state index in [0.717, 1.165) is 18.5 Å². The van der Waals surface area contributed by atoms with Crippen molar-refractivity contribution in [1.29, 1.82) is 0 Å². The molecule has 1 aromatic heterocycles. The average Bonchev–Trinajstić information content (AvgIpc) is 3.44. The fraction of sp³-hybridized carbons (Fsp3) is 0.632. The van der Waals surface area contributed by atoms with Crippen LogP contribution in [0.5, 0.6) is 0 Å². The van der Waals surface area contributed by atoms with Crippen LogP contribution in [0.2, 0.25) is 0 Å². The van der Waals surface area contributed by atoms with Crippen LogP contribution in [0.15, 0.2) is 24.5 Å². The van der Waals surface area contributed by atoms with Crippen LogP contribution < -0.4 is 4.90 Å². The lowest BCUT2D eigenvalue weighted by atomic mass is 9.82. The van der Waals surface area contributed by atoms with E-state index in [1.54, 1.807) is 12.4 Å². The fourth-order valence-electron chi connectivity index (χ4n) is 4.11. The molecule has 2 amide bonds. The van der Waals surface area contributed by atoms with Gasteiger partial charge in [-0.15, -0.1) is 0 Å². The Labute approximate surface area is 148 Å². The Morgan fingerprint density at radius 1 is 1.36 bits per heavy atom. The number of carbonyl (C=O) groups is 2. The van der Waals surface area contributed by atoms with Crippen LogP contribution in [0.3, 0.4) is 0 Å². The van der Waals surface area contributed by atoms with Gasteiger partial charge in [0.2, 0.25) is 5.91 Å². The zero-order valence-corrected chi connectivity index (χ0v) is 14.7. The van der Waals surface area contributed by atoms with Crippen LogP contribution in [0, 0.1) is 5.92 Å². The highest BCUT2D eigenvalue weighted by molar-refractivity contribution is 5.95. The van der Waals surface area contributed by atoms with E-state index in [1.807, 2.05) is 28.9 Å². The molecule has 134 valence electrons. The number of anilines is 1. The molecule has 0 bridgehead atoms. The van der Waals surface area contributed by atoms with Crippen LogP contribution in [-0.2, 0) is 14.3 Å². The minimum absolute atomic E-state index is 0.0293. The van der Waals surface area contributed by atoms with Crippen LogP contribution in [0.1, 0.15) is 39.0 Å². The number of aromatic nitrogens is 1. The van der Waals surface area contributed by atoms with E-state index in [4.69, 9.17) is 4.74 Å². The highest BCUT2D eigenvalue weighted by Gasteiger charge is 2.49. The van der Waals surface area contributed by atoms with Gasteiger partial charge < -0.3 is 14.5 Å². The number of pyridine rings is 1. The van der Waals surface area contributed by atoms with Gasteiger partial charge in [-0.25, -0.2) is 0 Å². The topological polar surface area (TPSA) is 62.7 Å². The van der Waals surface area contributed by atoms with Crippen molar-refractivity contribution >= 4 is 17.5 Å². The van der Waals surface area contributed by atoms with Gasteiger partial charge in [0.1, 0.15) is 6.61 Å². The summed E-state index contributed by atoms with van der Waals surface area (Å²) in [6.45, 7) is 3.57. The van der Waals surface area contributed by atoms with Gasteiger partial charge in [0.25, 0.3) is 5.91 Å². The van der Waals surface area contributed by atoms with Crippen molar-refractivity contribution in [1.82, 2.24) is 9.88 Å². The zero-order chi connectivity index (χ0) is 17.4. The molecule has 3 heterocycles. The summed E-state index contributed by atoms with van der Waals surface area (Å²) in [6, 6.07) is 3.68. The summed E-state index contributed by atoms with van der Waals surface area (Å²) >= 11 is 0. The number of hydrogen-bond donors (Lipinski definition) is 0. The smallest absolute Gasteiger partial charge is 0.253 e. The molecule has 3 aliphatic rings. The maximum Gasteiger partial charge on any atom is 0.253 e. The van der Waals surface area contributed by atoms with Gasteiger partial charge in [0, 0.05) is 25.7 Å². The van der Waals surface area contributed by atoms with Crippen molar-refractivity contribution in [2.24, 2.45) is 5.92 Å². The second-order valence-electron chi connectivity index (χ2n) is 7.53. The zero-order valence-electron chi connectivity index (χ0n) is 14.7. The number of morpholine rings is 1. The fourth-order valence-corrected chi connectivity index (χ4v) is 4.11. The summed E-state index contributed by atoms with van der Waals surface area (Å²) in [4.78, 5) is 32.7. The van der Waals surface area contributed by atoms with Gasteiger partial charge in [-0.05, 0) is 50.7 Å². The number of nitrogens with zero attached hydrogens (tertiary/aromatic N) is 3. The molecule has 1 atom stereocenters. The second-order valence-corrected chi connectivity index (χ2v) is 7.53. The number of amides is 2. The van der Waals surface area contributed by atoms with Crippen molar-refractivity contribution in [3.05, 3.63) is 24.5 Å². The third kappa shape index (κ3) is 3.15. The summed E-state index contributed by atoms with van der Waals surface area (Å²) < 4.78 is 6.05. The predicted octanol–water partition coefficient (Wildman–Crippen LogP) is 1.99. The van der Waals surface area contributed by atoms with E-state index in [1.165, 1.54) is 12.8 Å². The summed E-state index contributed by atoms with van der Waals surface area (Å²) in [5, 5.41) is 0. The molecule has 1 spiro atoms. The lowest BCUT2D eigenvalue weighted by Gasteiger charge is -2.51. The van der Waals surface area contributed by atoms with Crippen molar-refractivity contribution in [2.45, 2.75) is 50.7 Å². The summed E-state index contributed by atoms with van der Waals surface area (Å²) in [5.74, 6) is 0.867. The molecule has 1 aliphatic carbocycles. The number of likely N-dealkylation sites (tertiary alicyclic amines) is 1. The Hall–Kier alpha value is -1.95. The lowest BCUT2D eigenvalue weighted by molar-refractivity contribution is -0.157. The first-order valence-corrected chi connectivity index (χ1v) is 9.23. The summed E-state index contributed by atoms with van der Waals surface area (Å²) in [6.07, 6.45) is 8.07. The first-order valence-electron chi connectivity index (χ1n) is 9.23. The molecule has 4 rings (SSSR count). The molecule has 2 aliphatic heterocycles. The van der Waals surface area contributed by atoms with E-state index in [0.29, 0.717) is 25.4 Å². The quantitative estimate of drug-likeness (QED) is 0.842. The van der Waals surface area contributed by atoms with Crippen LogP contribution in [0.4, 0.5) is 5.69 Å². The molecular weight excluding hydrogens is 318 g/mol. The van der Waals surface area contributed by atoms with Gasteiger partial charge in [0.05, 0.1) is 23.5 Å². The second kappa shape index (κ2) is 6.41. The van der Waals surface area contributed by atoms with Crippen molar-refractivity contribution in [3.63, 3.8) is 0 Å². The Balaban J connectivity index is 1.46. The van der Waals surface area contributed by atoms with Crippen LogP contribution >= 0.6 is 0 Å². The Morgan fingerprint density at radius 2 is 2.12 bits per heavy atom. The molecule has 3 fully saturated rings. The summed E-state index contributed by atoms with van der Waals surface area (Å²) in [7, 11) is 0. The molecule has 0 radical (unpaired) electrons. The molecule has 0 N–H and O–H groups in total. The molecule has 1 saturated carbocycles. The van der Waals surface area contributed by atoms with Crippen LogP contribution in [0.25, 0.3) is 0 Å². The Kier molecular flexibility index (Phi) is 4.23. The monoisotopic (exact) mass is 343 g/mol. The maximum absolute atomic E-state index is 12.4. The number of piperidine rings is 1. The normalized spacial score (nSPS) is 26.1. The van der Waals surface area contributed by atoms with E-state index in [9.17, 15) is 9.59 Å². The van der Waals surface area contributed by atoms with Gasteiger partial charge >= 0.3 is 0 Å². The van der Waals surface area contributed by atoms with Crippen molar-refractivity contribution in [2.75, 3.05) is 24.6 Å². The molecule has 1 aromatic rings. The minimum Gasteiger partial charge on any atom is -0.363 e. The van der Waals surface area contributed by atoms with Crippen molar-refractivity contribution < 1.29 is 14.3 Å². The van der Waals surface area contributed by atoms with E-state index >= 15 is 0 Å². The SMILES string of the molecule is C[C@@H]1N(c2cccnc2)C(=O)COC12CCN(C(=O)CC1CC1)CC2. The number of hydrogen-bond acceptors (Lipinski definition) is 4. The largest absolute Gasteiger partial charge is 0.363 e. The molecule has 2 saturated heterocycles. The molecular formula is C19H25N3O3. The van der Waals surface area contributed by atoms with E-state index < -0.39 is 0 Å². The molecule has 6 heteroatoms. The number of rotatable bonds is 3. The third-order valence-corrected chi connectivity index (χ3v) is 5.95. The van der Waals surface area contributed by atoms with Gasteiger partial charge in [-0.1, -0.05) is 0 Å². The molecule has 25 heavy (non-hydrogen) atoms. The van der Waals surface area contributed by atoms with Crippen molar-refractivity contribution in [3.8, 4) is 0 Å². The average molecular weight is 343 g/mol.